The Morgan fingerprint density at radius 2 is 2.08 bits per heavy atom. The lowest BCUT2D eigenvalue weighted by Gasteiger charge is -2.23. The van der Waals surface area contributed by atoms with Gasteiger partial charge in [-0.05, 0) is 36.1 Å². The number of fused-ring (bicyclic) bond motifs is 2. The molecular formula is C19H14F2O3S. The molecule has 0 amide bonds. The molecule has 0 fully saturated rings. The summed E-state index contributed by atoms with van der Waals surface area (Å²) in [6.45, 7) is 2.45. The first-order valence-corrected chi connectivity index (χ1v) is 8.67. The number of aromatic carboxylic acids is 1. The lowest BCUT2D eigenvalue weighted by molar-refractivity contribution is 0.0703. The molecule has 3 aromatic rings. The minimum absolute atomic E-state index is 0.0105. The minimum Gasteiger partial charge on any atom is -0.490 e. The van der Waals surface area contributed by atoms with Gasteiger partial charge in [0.2, 0.25) is 0 Å². The number of thiophene rings is 1. The topological polar surface area (TPSA) is 46.5 Å². The Morgan fingerprint density at radius 1 is 1.28 bits per heavy atom. The summed E-state index contributed by atoms with van der Waals surface area (Å²) >= 11 is 0.940. The molecule has 3 nitrogen and oxygen atoms in total. The van der Waals surface area contributed by atoms with E-state index in [4.69, 9.17) is 4.74 Å². The molecule has 1 aromatic heterocycles. The lowest BCUT2D eigenvalue weighted by Crippen LogP contribution is -2.19. The molecule has 1 N–H and O–H groups in total. The molecule has 0 saturated heterocycles. The lowest BCUT2D eigenvalue weighted by atomic mass is 9.94. The van der Waals surface area contributed by atoms with Gasteiger partial charge in [0, 0.05) is 21.2 Å². The van der Waals surface area contributed by atoms with E-state index in [1.807, 2.05) is 6.92 Å². The molecule has 0 radical (unpaired) electrons. The number of ether oxygens (including phenoxy) is 1. The number of carboxylic acids is 1. The van der Waals surface area contributed by atoms with E-state index >= 15 is 4.39 Å². The zero-order chi connectivity index (χ0) is 17.7. The molecule has 2 heterocycles. The van der Waals surface area contributed by atoms with E-state index in [1.165, 1.54) is 18.2 Å². The molecule has 0 bridgehead atoms. The van der Waals surface area contributed by atoms with Crippen LogP contribution >= 0.6 is 11.3 Å². The van der Waals surface area contributed by atoms with Crippen LogP contribution < -0.4 is 4.74 Å². The van der Waals surface area contributed by atoms with Crippen molar-refractivity contribution in [3.63, 3.8) is 0 Å². The molecule has 0 saturated carbocycles. The Kier molecular flexibility index (Phi) is 3.72. The number of hydrogen-bond acceptors (Lipinski definition) is 3. The quantitative estimate of drug-likeness (QED) is 0.690. The van der Waals surface area contributed by atoms with Crippen LogP contribution in [-0.2, 0) is 6.42 Å². The predicted octanol–water partition coefficient (Wildman–Crippen LogP) is 5.12. The molecule has 1 aliphatic rings. The second-order valence-corrected chi connectivity index (χ2v) is 7.34. The maximum Gasteiger partial charge on any atom is 0.346 e. The maximum atomic E-state index is 15.1. The van der Waals surface area contributed by atoms with Crippen LogP contribution in [0.2, 0.25) is 0 Å². The standard InChI is InChI=1S/C19H14F2O3S/c1-9-6-10-2-4-13(16(21)17(10)24-8-9)15-12-5-3-11(20)7-14(12)25-18(15)19(22)23/h2-5,7,9H,6,8H2,1H3,(H,22,23). The molecule has 1 atom stereocenters. The Balaban J connectivity index is 1.99. The van der Waals surface area contributed by atoms with Gasteiger partial charge in [-0.25, -0.2) is 13.6 Å². The van der Waals surface area contributed by atoms with Crippen molar-refractivity contribution in [3.05, 3.63) is 52.4 Å². The number of hydrogen-bond donors (Lipinski definition) is 1. The molecule has 4 rings (SSSR count). The summed E-state index contributed by atoms with van der Waals surface area (Å²) < 4.78 is 34.6. The van der Waals surface area contributed by atoms with Crippen molar-refractivity contribution in [3.8, 4) is 16.9 Å². The summed E-state index contributed by atoms with van der Waals surface area (Å²) in [5.74, 6) is -1.69. The average Bonchev–Trinajstić information content (AvgIpc) is 2.93. The van der Waals surface area contributed by atoms with Crippen LogP contribution in [0.3, 0.4) is 0 Å². The minimum atomic E-state index is -1.16. The Morgan fingerprint density at radius 3 is 2.84 bits per heavy atom. The maximum absolute atomic E-state index is 15.1. The molecule has 25 heavy (non-hydrogen) atoms. The van der Waals surface area contributed by atoms with Crippen LogP contribution in [0.25, 0.3) is 21.2 Å². The SMILES string of the molecule is CC1COc2c(ccc(-c3c(C(=O)O)sc4cc(F)ccc34)c2F)C1. The third-order valence-electron chi connectivity index (χ3n) is 4.37. The molecular weight excluding hydrogens is 346 g/mol. The van der Waals surface area contributed by atoms with Crippen molar-refractivity contribution in [2.24, 2.45) is 5.92 Å². The van der Waals surface area contributed by atoms with E-state index in [-0.39, 0.29) is 21.8 Å². The van der Waals surface area contributed by atoms with Crippen molar-refractivity contribution >= 4 is 27.4 Å². The van der Waals surface area contributed by atoms with Crippen LogP contribution in [0.1, 0.15) is 22.2 Å². The smallest absolute Gasteiger partial charge is 0.346 e. The van der Waals surface area contributed by atoms with Crippen molar-refractivity contribution in [2.45, 2.75) is 13.3 Å². The second kappa shape index (κ2) is 5.81. The highest BCUT2D eigenvalue weighted by Gasteiger charge is 2.27. The third-order valence-corrected chi connectivity index (χ3v) is 5.52. The van der Waals surface area contributed by atoms with E-state index in [9.17, 15) is 14.3 Å². The van der Waals surface area contributed by atoms with E-state index in [0.29, 0.717) is 29.0 Å². The highest BCUT2D eigenvalue weighted by Crippen LogP contribution is 2.43. The van der Waals surface area contributed by atoms with Gasteiger partial charge in [0.05, 0.1) is 6.61 Å². The Bertz CT molecular complexity index is 1010. The molecule has 0 spiro atoms. The summed E-state index contributed by atoms with van der Waals surface area (Å²) in [5.41, 5.74) is 1.22. The predicted molar refractivity (Wildman–Crippen MR) is 92.5 cm³/mol. The molecule has 128 valence electrons. The summed E-state index contributed by atoms with van der Waals surface area (Å²) in [4.78, 5) is 11.6. The number of carboxylic acid groups (broad SMARTS) is 1. The van der Waals surface area contributed by atoms with Gasteiger partial charge in [0.15, 0.2) is 11.6 Å². The first kappa shape index (κ1) is 16.0. The highest BCUT2D eigenvalue weighted by atomic mass is 32.1. The van der Waals surface area contributed by atoms with Crippen LogP contribution in [0.4, 0.5) is 8.78 Å². The zero-order valence-corrected chi connectivity index (χ0v) is 14.1. The number of carbonyl (C=O) groups is 1. The van der Waals surface area contributed by atoms with Gasteiger partial charge in [-0.2, -0.15) is 0 Å². The Hall–Kier alpha value is -2.47. The van der Waals surface area contributed by atoms with Gasteiger partial charge >= 0.3 is 5.97 Å². The van der Waals surface area contributed by atoms with E-state index in [0.717, 1.165) is 16.9 Å². The van der Waals surface area contributed by atoms with Gasteiger partial charge in [0.1, 0.15) is 10.7 Å². The Labute approximate surface area is 146 Å². The van der Waals surface area contributed by atoms with Crippen LogP contribution in [-0.4, -0.2) is 17.7 Å². The third kappa shape index (κ3) is 2.57. The van der Waals surface area contributed by atoms with E-state index < -0.39 is 17.6 Å². The highest BCUT2D eigenvalue weighted by molar-refractivity contribution is 7.21. The fourth-order valence-electron chi connectivity index (χ4n) is 3.25. The summed E-state index contributed by atoms with van der Waals surface area (Å²) in [6, 6.07) is 7.38. The molecule has 1 aliphatic heterocycles. The number of halogens is 2. The zero-order valence-electron chi connectivity index (χ0n) is 13.3. The summed E-state index contributed by atoms with van der Waals surface area (Å²) in [7, 11) is 0. The largest absolute Gasteiger partial charge is 0.490 e. The normalized spacial score (nSPS) is 16.5. The van der Waals surface area contributed by atoms with Gasteiger partial charge in [0.25, 0.3) is 0 Å². The first-order chi connectivity index (χ1) is 12.0. The fraction of sp³-hybridized carbons (Fsp3) is 0.211. The first-order valence-electron chi connectivity index (χ1n) is 7.85. The van der Waals surface area contributed by atoms with E-state index in [2.05, 4.69) is 0 Å². The fourth-order valence-corrected chi connectivity index (χ4v) is 4.34. The van der Waals surface area contributed by atoms with Gasteiger partial charge < -0.3 is 9.84 Å². The number of benzene rings is 2. The second-order valence-electron chi connectivity index (χ2n) is 6.29. The van der Waals surface area contributed by atoms with Crippen LogP contribution in [0.15, 0.2) is 30.3 Å². The molecule has 1 unspecified atom stereocenters. The molecule has 2 aromatic carbocycles. The summed E-state index contributed by atoms with van der Waals surface area (Å²) in [6.07, 6.45) is 0.716. The monoisotopic (exact) mass is 360 g/mol. The van der Waals surface area contributed by atoms with Crippen molar-refractivity contribution in [1.82, 2.24) is 0 Å². The average molecular weight is 360 g/mol. The van der Waals surface area contributed by atoms with Gasteiger partial charge in [-0.15, -0.1) is 11.3 Å². The van der Waals surface area contributed by atoms with Gasteiger partial charge in [-0.1, -0.05) is 19.1 Å². The van der Waals surface area contributed by atoms with Crippen LogP contribution in [0.5, 0.6) is 5.75 Å². The van der Waals surface area contributed by atoms with Crippen molar-refractivity contribution in [1.29, 1.82) is 0 Å². The van der Waals surface area contributed by atoms with Crippen molar-refractivity contribution < 1.29 is 23.4 Å². The van der Waals surface area contributed by atoms with Crippen LogP contribution in [0, 0.1) is 17.6 Å². The van der Waals surface area contributed by atoms with Gasteiger partial charge in [-0.3, -0.25) is 0 Å². The molecule has 6 heteroatoms. The summed E-state index contributed by atoms with van der Waals surface area (Å²) in [5, 5.41) is 10.0. The van der Waals surface area contributed by atoms with Crippen molar-refractivity contribution in [2.75, 3.05) is 6.61 Å². The molecule has 0 aliphatic carbocycles. The van der Waals surface area contributed by atoms with E-state index in [1.54, 1.807) is 12.1 Å². The number of rotatable bonds is 2.